The summed E-state index contributed by atoms with van der Waals surface area (Å²) in [6.45, 7) is 3.37. The molecule has 5 heteroatoms. The van der Waals surface area contributed by atoms with E-state index in [1.807, 2.05) is 31.2 Å². The molecular weight excluding hydrogens is 304 g/mol. The van der Waals surface area contributed by atoms with Crippen LogP contribution in [0, 0.1) is 6.92 Å². The van der Waals surface area contributed by atoms with E-state index in [1.54, 1.807) is 24.3 Å². The number of anilines is 1. The second kappa shape index (κ2) is 8.06. The largest absolute Gasteiger partial charge is 0.347 e. The quantitative estimate of drug-likeness (QED) is 0.802. The van der Waals surface area contributed by atoms with Crippen LogP contribution in [0.1, 0.15) is 28.4 Å². The fraction of sp³-hybridized carbons (Fsp3) is 0.211. The van der Waals surface area contributed by atoms with Crippen molar-refractivity contribution in [1.82, 2.24) is 5.32 Å². The highest BCUT2D eigenvalue weighted by Crippen LogP contribution is 2.09. The summed E-state index contributed by atoms with van der Waals surface area (Å²) >= 11 is 0. The SMILES string of the molecule is CC(=O)c1ccc(NC(=O)CNC(=O)Cc2ccc(C)cc2)cc1. The predicted octanol–water partition coefficient (Wildman–Crippen LogP) is 2.50. The molecule has 124 valence electrons. The molecule has 5 nitrogen and oxygen atoms in total. The van der Waals surface area contributed by atoms with Gasteiger partial charge in [-0.1, -0.05) is 29.8 Å². The third-order valence-corrected chi connectivity index (χ3v) is 3.51. The number of carbonyl (C=O) groups is 3. The molecule has 2 rings (SSSR count). The third-order valence-electron chi connectivity index (χ3n) is 3.51. The average molecular weight is 324 g/mol. The van der Waals surface area contributed by atoms with Gasteiger partial charge in [-0.2, -0.15) is 0 Å². The van der Waals surface area contributed by atoms with Gasteiger partial charge in [0.15, 0.2) is 5.78 Å². The van der Waals surface area contributed by atoms with Crippen LogP contribution in [-0.2, 0) is 16.0 Å². The second-order valence-electron chi connectivity index (χ2n) is 5.62. The Hall–Kier alpha value is -2.95. The van der Waals surface area contributed by atoms with Gasteiger partial charge >= 0.3 is 0 Å². The van der Waals surface area contributed by atoms with E-state index in [-0.39, 0.29) is 30.6 Å². The minimum atomic E-state index is -0.317. The van der Waals surface area contributed by atoms with Crippen molar-refractivity contribution in [3.63, 3.8) is 0 Å². The monoisotopic (exact) mass is 324 g/mol. The number of Topliss-reactive ketones (excluding diaryl/α,β-unsaturated/α-hetero) is 1. The first-order chi connectivity index (χ1) is 11.4. The Labute approximate surface area is 141 Å². The Morgan fingerprint density at radius 2 is 1.50 bits per heavy atom. The first kappa shape index (κ1) is 17.4. The van der Waals surface area contributed by atoms with Crippen molar-refractivity contribution in [2.24, 2.45) is 0 Å². The summed E-state index contributed by atoms with van der Waals surface area (Å²) in [4.78, 5) is 34.9. The molecule has 0 aromatic heterocycles. The summed E-state index contributed by atoms with van der Waals surface area (Å²) in [5.41, 5.74) is 3.20. The number of ketones is 1. The lowest BCUT2D eigenvalue weighted by atomic mass is 10.1. The number of amides is 2. The molecule has 0 fully saturated rings. The maximum absolute atomic E-state index is 11.8. The first-order valence-electron chi connectivity index (χ1n) is 7.67. The van der Waals surface area contributed by atoms with Crippen LogP contribution in [0.4, 0.5) is 5.69 Å². The Bertz CT molecular complexity index is 734. The van der Waals surface area contributed by atoms with Gasteiger partial charge in [0.2, 0.25) is 11.8 Å². The zero-order chi connectivity index (χ0) is 17.5. The van der Waals surface area contributed by atoms with Crippen LogP contribution >= 0.6 is 0 Å². The third kappa shape index (κ3) is 5.35. The smallest absolute Gasteiger partial charge is 0.243 e. The van der Waals surface area contributed by atoms with Crippen molar-refractivity contribution in [1.29, 1.82) is 0 Å². The maximum Gasteiger partial charge on any atom is 0.243 e. The zero-order valence-electron chi connectivity index (χ0n) is 13.8. The van der Waals surface area contributed by atoms with Gasteiger partial charge in [-0.25, -0.2) is 0 Å². The molecule has 0 spiro atoms. The molecule has 24 heavy (non-hydrogen) atoms. The van der Waals surface area contributed by atoms with E-state index in [2.05, 4.69) is 10.6 Å². The topological polar surface area (TPSA) is 75.3 Å². The van der Waals surface area contributed by atoms with Crippen molar-refractivity contribution in [2.75, 3.05) is 11.9 Å². The number of carbonyl (C=O) groups excluding carboxylic acids is 3. The summed E-state index contributed by atoms with van der Waals surface area (Å²) in [6.07, 6.45) is 0.237. The maximum atomic E-state index is 11.8. The van der Waals surface area contributed by atoms with Crippen molar-refractivity contribution in [2.45, 2.75) is 20.3 Å². The molecule has 0 saturated heterocycles. The predicted molar refractivity (Wildman–Crippen MR) is 93.0 cm³/mol. The minimum absolute atomic E-state index is 0.0313. The van der Waals surface area contributed by atoms with Crippen molar-refractivity contribution in [3.05, 3.63) is 65.2 Å². The normalized spacial score (nSPS) is 10.1. The minimum Gasteiger partial charge on any atom is -0.347 e. The highest BCUT2D eigenvalue weighted by molar-refractivity contribution is 5.97. The van der Waals surface area contributed by atoms with Gasteiger partial charge in [-0.05, 0) is 43.7 Å². The molecule has 0 saturated carbocycles. The standard InChI is InChI=1S/C19H20N2O3/c1-13-3-5-15(6-4-13)11-18(23)20-12-19(24)21-17-9-7-16(8-10-17)14(2)22/h3-10H,11-12H2,1-2H3,(H,20,23)(H,21,24). The van der Waals surface area contributed by atoms with Crippen LogP contribution in [0.5, 0.6) is 0 Å². The molecule has 0 unspecified atom stereocenters. The summed E-state index contributed by atoms with van der Waals surface area (Å²) in [5.74, 6) is -0.556. The van der Waals surface area contributed by atoms with Crippen molar-refractivity contribution >= 4 is 23.3 Å². The van der Waals surface area contributed by atoms with Gasteiger partial charge in [0, 0.05) is 11.3 Å². The van der Waals surface area contributed by atoms with Gasteiger partial charge in [-0.15, -0.1) is 0 Å². The Kier molecular flexibility index (Phi) is 5.84. The van der Waals surface area contributed by atoms with Gasteiger partial charge in [-0.3, -0.25) is 14.4 Å². The van der Waals surface area contributed by atoms with Crippen molar-refractivity contribution in [3.8, 4) is 0 Å². The Morgan fingerprint density at radius 3 is 2.08 bits per heavy atom. The van der Waals surface area contributed by atoms with E-state index < -0.39 is 0 Å². The number of aryl methyl sites for hydroxylation is 1. The molecule has 2 N–H and O–H groups in total. The fourth-order valence-electron chi connectivity index (χ4n) is 2.13. The lowest BCUT2D eigenvalue weighted by molar-refractivity contribution is -0.123. The summed E-state index contributed by atoms with van der Waals surface area (Å²) in [5, 5.41) is 5.26. The molecule has 2 aromatic rings. The van der Waals surface area contributed by atoms with E-state index in [0.29, 0.717) is 11.3 Å². The molecular formula is C19H20N2O3. The lowest BCUT2D eigenvalue weighted by Gasteiger charge is -2.08. The molecule has 0 aliphatic carbocycles. The Morgan fingerprint density at radius 1 is 0.875 bits per heavy atom. The molecule has 0 aliphatic rings. The molecule has 0 radical (unpaired) electrons. The molecule has 0 atom stereocenters. The van der Waals surface area contributed by atoms with E-state index in [4.69, 9.17) is 0 Å². The molecule has 2 amide bonds. The van der Waals surface area contributed by atoms with Gasteiger partial charge in [0.05, 0.1) is 13.0 Å². The lowest BCUT2D eigenvalue weighted by Crippen LogP contribution is -2.33. The number of rotatable bonds is 6. The fourth-order valence-corrected chi connectivity index (χ4v) is 2.13. The van der Waals surface area contributed by atoms with Gasteiger partial charge in [0.1, 0.15) is 0 Å². The molecule has 0 bridgehead atoms. The highest BCUT2D eigenvalue weighted by Gasteiger charge is 2.07. The van der Waals surface area contributed by atoms with E-state index >= 15 is 0 Å². The van der Waals surface area contributed by atoms with Crippen LogP contribution < -0.4 is 10.6 Å². The number of hydrogen-bond acceptors (Lipinski definition) is 3. The van der Waals surface area contributed by atoms with Crippen molar-refractivity contribution < 1.29 is 14.4 Å². The van der Waals surface area contributed by atoms with E-state index in [0.717, 1.165) is 11.1 Å². The summed E-state index contributed by atoms with van der Waals surface area (Å²) in [6, 6.07) is 14.3. The summed E-state index contributed by atoms with van der Waals surface area (Å²) < 4.78 is 0. The van der Waals surface area contributed by atoms with Crippen LogP contribution in [0.15, 0.2) is 48.5 Å². The zero-order valence-corrected chi connectivity index (χ0v) is 13.8. The van der Waals surface area contributed by atoms with E-state index in [1.165, 1.54) is 6.92 Å². The summed E-state index contributed by atoms with van der Waals surface area (Å²) in [7, 11) is 0. The second-order valence-corrected chi connectivity index (χ2v) is 5.62. The first-order valence-corrected chi connectivity index (χ1v) is 7.67. The molecule has 0 aliphatic heterocycles. The molecule has 0 heterocycles. The highest BCUT2D eigenvalue weighted by atomic mass is 16.2. The van der Waals surface area contributed by atoms with Crippen LogP contribution in [0.25, 0.3) is 0 Å². The number of hydrogen-bond donors (Lipinski definition) is 2. The van der Waals surface area contributed by atoms with Crippen LogP contribution in [0.2, 0.25) is 0 Å². The Balaban J connectivity index is 1.78. The molecule has 2 aromatic carbocycles. The number of nitrogens with one attached hydrogen (secondary N) is 2. The number of benzene rings is 2. The van der Waals surface area contributed by atoms with E-state index in [9.17, 15) is 14.4 Å². The van der Waals surface area contributed by atoms with Gasteiger partial charge < -0.3 is 10.6 Å². The van der Waals surface area contributed by atoms with Crippen LogP contribution in [-0.4, -0.2) is 24.1 Å². The average Bonchev–Trinajstić information content (AvgIpc) is 2.55. The van der Waals surface area contributed by atoms with Gasteiger partial charge in [0.25, 0.3) is 0 Å². The van der Waals surface area contributed by atoms with Crippen LogP contribution in [0.3, 0.4) is 0 Å².